The van der Waals surface area contributed by atoms with Crippen LogP contribution in [0, 0.1) is 0 Å². The summed E-state index contributed by atoms with van der Waals surface area (Å²) in [6.07, 6.45) is 2.71. The molecular formula is C12H14BrN5OS. The van der Waals surface area contributed by atoms with Gasteiger partial charge in [0, 0.05) is 12.7 Å². The third-order valence-corrected chi connectivity index (χ3v) is 4.01. The van der Waals surface area contributed by atoms with E-state index in [0.717, 1.165) is 22.5 Å². The van der Waals surface area contributed by atoms with Gasteiger partial charge in [0.1, 0.15) is 5.03 Å². The van der Waals surface area contributed by atoms with Crippen LogP contribution >= 0.6 is 27.7 Å². The monoisotopic (exact) mass is 355 g/mol. The van der Waals surface area contributed by atoms with Gasteiger partial charge < -0.3 is 10.1 Å². The van der Waals surface area contributed by atoms with Crippen molar-refractivity contribution < 1.29 is 4.74 Å². The van der Waals surface area contributed by atoms with Gasteiger partial charge >= 0.3 is 6.01 Å². The molecule has 0 aliphatic carbocycles. The number of aromatic nitrogens is 4. The van der Waals surface area contributed by atoms with Crippen molar-refractivity contribution in [2.75, 3.05) is 19.0 Å². The fourth-order valence-corrected chi connectivity index (χ4v) is 2.53. The molecule has 0 atom stereocenters. The Bertz CT molecular complexity index is 584. The number of hydrogen-bond donors (Lipinski definition) is 1. The average Bonchev–Trinajstić information content (AvgIpc) is 2.47. The fourth-order valence-electron chi connectivity index (χ4n) is 1.32. The smallest absolute Gasteiger partial charge is 0.321 e. The summed E-state index contributed by atoms with van der Waals surface area (Å²) in [5.41, 5.74) is 0. The lowest BCUT2D eigenvalue weighted by atomic mass is 10.5. The van der Waals surface area contributed by atoms with Crippen LogP contribution in [-0.2, 0) is 0 Å². The highest BCUT2D eigenvalue weighted by Gasteiger charge is 2.10. The van der Waals surface area contributed by atoms with E-state index in [-0.39, 0.29) is 6.01 Å². The molecule has 0 bridgehead atoms. The Labute approximate surface area is 129 Å². The number of hydrogen-bond acceptors (Lipinski definition) is 7. The van der Waals surface area contributed by atoms with E-state index in [1.54, 1.807) is 6.20 Å². The number of nitrogens with zero attached hydrogens (tertiary/aromatic N) is 4. The highest BCUT2D eigenvalue weighted by molar-refractivity contribution is 9.10. The van der Waals surface area contributed by atoms with Crippen molar-refractivity contribution in [3.8, 4) is 6.01 Å². The van der Waals surface area contributed by atoms with E-state index in [1.165, 1.54) is 18.9 Å². The largest absolute Gasteiger partial charge is 0.467 e. The predicted molar refractivity (Wildman–Crippen MR) is 81.2 cm³/mol. The number of anilines is 1. The second kappa shape index (κ2) is 7.39. The summed E-state index contributed by atoms with van der Waals surface area (Å²) in [6, 6.07) is 4.06. The van der Waals surface area contributed by atoms with E-state index in [0.29, 0.717) is 11.1 Å². The predicted octanol–water partition coefficient (Wildman–Crippen LogP) is 3.01. The van der Waals surface area contributed by atoms with Crippen molar-refractivity contribution in [1.82, 2.24) is 19.9 Å². The molecule has 0 fully saturated rings. The second-order valence-corrected chi connectivity index (χ2v) is 5.56. The van der Waals surface area contributed by atoms with Crippen molar-refractivity contribution >= 4 is 33.6 Å². The van der Waals surface area contributed by atoms with Crippen LogP contribution in [0.2, 0.25) is 0 Å². The lowest BCUT2D eigenvalue weighted by molar-refractivity contribution is 0.373. The second-order valence-electron chi connectivity index (χ2n) is 3.75. The van der Waals surface area contributed by atoms with E-state index in [9.17, 15) is 0 Å². The molecule has 0 aromatic carbocycles. The molecule has 2 aromatic rings. The minimum Gasteiger partial charge on any atom is -0.467 e. The normalized spacial score (nSPS) is 10.3. The van der Waals surface area contributed by atoms with E-state index < -0.39 is 0 Å². The number of halogens is 1. The summed E-state index contributed by atoms with van der Waals surface area (Å²) in [7, 11) is 1.53. The highest BCUT2D eigenvalue weighted by atomic mass is 79.9. The van der Waals surface area contributed by atoms with Crippen molar-refractivity contribution in [3.05, 3.63) is 22.8 Å². The van der Waals surface area contributed by atoms with Gasteiger partial charge in [-0.1, -0.05) is 6.92 Å². The van der Waals surface area contributed by atoms with Gasteiger partial charge in [-0.25, -0.2) is 4.98 Å². The zero-order valence-corrected chi connectivity index (χ0v) is 13.5. The zero-order valence-electron chi connectivity index (χ0n) is 11.1. The first-order valence-electron chi connectivity index (χ1n) is 6.05. The van der Waals surface area contributed by atoms with Gasteiger partial charge in [0.05, 0.1) is 11.6 Å². The number of ether oxygens (including phenoxy) is 1. The van der Waals surface area contributed by atoms with Crippen molar-refractivity contribution in [2.45, 2.75) is 23.5 Å². The van der Waals surface area contributed by atoms with Crippen molar-refractivity contribution in [1.29, 1.82) is 0 Å². The molecule has 106 valence electrons. The van der Waals surface area contributed by atoms with E-state index in [2.05, 4.69) is 48.1 Å². The van der Waals surface area contributed by atoms with Crippen LogP contribution in [0.25, 0.3) is 0 Å². The van der Waals surface area contributed by atoms with Crippen LogP contribution in [0.5, 0.6) is 6.01 Å². The summed E-state index contributed by atoms with van der Waals surface area (Å²) in [6.45, 7) is 2.87. The van der Waals surface area contributed by atoms with Gasteiger partial charge in [0.2, 0.25) is 11.1 Å². The van der Waals surface area contributed by atoms with Crippen LogP contribution in [0.4, 0.5) is 5.95 Å². The standard InChI is InChI=1S/C12H14BrN5OS/c1-3-6-15-10-16-11(19-2)18-12(17-10)20-9-8(13)5-4-7-14-9/h4-5,7H,3,6H2,1-2H3,(H,15,16,17,18). The van der Waals surface area contributed by atoms with Crippen LogP contribution in [0.3, 0.4) is 0 Å². The first-order chi connectivity index (χ1) is 9.72. The Morgan fingerprint density at radius 2 is 2.20 bits per heavy atom. The quantitative estimate of drug-likeness (QED) is 0.853. The molecule has 20 heavy (non-hydrogen) atoms. The summed E-state index contributed by atoms with van der Waals surface area (Å²) >= 11 is 4.80. The number of nitrogens with one attached hydrogen (secondary N) is 1. The number of rotatable bonds is 6. The minimum absolute atomic E-state index is 0.285. The molecule has 0 amide bonds. The summed E-state index contributed by atoms with van der Waals surface area (Å²) in [4.78, 5) is 17.0. The topological polar surface area (TPSA) is 72.8 Å². The van der Waals surface area contributed by atoms with Gasteiger partial charge in [0.15, 0.2) is 0 Å². The molecule has 8 heteroatoms. The van der Waals surface area contributed by atoms with Crippen molar-refractivity contribution in [2.24, 2.45) is 0 Å². The maximum absolute atomic E-state index is 5.10. The Morgan fingerprint density at radius 3 is 2.90 bits per heavy atom. The maximum Gasteiger partial charge on any atom is 0.321 e. The summed E-state index contributed by atoms with van der Waals surface area (Å²) in [5.74, 6) is 0.508. The first kappa shape index (κ1) is 15.0. The molecule has 0 saturated carbocycles. The maximum atomic E-state index is 5.10. The Balaban J connectivity index is 2.24. The molecule has 0 spiro atoms. The average molecular weight is 356 g/mol. The molecule has 0 aliphatic heterocycles. The van der Waals surface area contributed by atoms with Gasteiger partial charge in [0.25, 0.3) is 0 Å². The molecule has 6 nitrogen and oxygen atoms in total. The number of pyridine rings is 1. The Kier molecular flexibility index (Phi) is 5.54. The fraction of sp³-hybridized carbons (Fsp3) is 0.333. The molecule has 1 N–H and O–H groups in total. The van der Waals surface area contributed by atoms with Gasteiger partial charge in [-0.05, 0) is 46.2 Å². The van der Waals surface area contributed by atoms with E-state index >= 15 is 0 Å². The third kappa shape index (κ3) is 4.04. The molecule has 2 rings (SSSR count). The lowest BCUT2D eigenvalue weighted by Crippen LogP contribution is -2.07. The zero-order chi connectivity index (χ0) is 14.4. The summed E-state index contributed by atoms with van der Waals surface area (Å²) < 4.78 is 5.99. The molecule has 2 heterocycles. The number of methoxy groups -OCH3 is 1. The van der Waals surface area contributed by atoms with Crippen LogP contribution in [-0.4, -0.2) is 33.6 Å². The molecule has 0 saturated heterocycles. The Morgan fingerprint density at radius 1 is 1.35 bits per heavy atom. The SMILES string of the molecule is CCCNc1nc(OC)nc(Sc2ncccc2Br)n1. The minimum atomic E-state index is 0.285. The molecule has 0 aliphatic rings. The van der Waals surface area contributed by atoms with Gasteiger partial charge in [-0.15, -0.1) is 0 Å². The molecule has 0 radical (unpaired) electrons. The van der Waals surface area contributed by atoms with Gasteiger partial charge in [-0.2, -0.15) is 15.0 Å². The van der Waals surface area contributed by atoms with Gasteiger partial charge in [-0.3, -0.25) is 0 Å². The van der Waals surface area contributed by atoms with Crippen LogP contribution < -0.4 is 10.1 Å². The van der Waals surface area contributed by atoms with Crippen molar-refractivity contribution in [3.63, 3.8) is 0 Å². The highest BCUT2D eigenvalue weighted by Crippen LogP contribution is 2.30. The third-order valence-electron chi connectivity index (χ3n) is 2.22. The molecule has 2 aromatic heterocycles. The molecular weight excluding hydrogens is 342 g/mol. The molecule has 0 unspecified atom stereocenters. The lowest BCUT2D eigenvalue weighted by Gasteiger charge is -2.07. The van der Waals surface area contributed by atoms with E-state index in [1.807, 2.05) is 12.1 Å². The van der Waals surface area contributed by atoms with Crippen LogP contribution in [0.15, 0.2) is 33.0 Å². The van der Waals surface area contributed by atoms with Crippen LogP contribution in [0.1, 0.15) is 13.3 Å². The van der Waals surface area contributed by atoms with E-state index in [4.69, 9.17) is 4.74 Å². The summed E-state index contributed by atoms with van der Waals surface area (Å²) in [5, 5.41) is 4.45. The first-order valence-corrected chi connectivity index (χ1v) is 7.66. The Hall–Kier alpha value is -1.41.